The number of alkyl halides is 1. The lowest BCUT2D eigenvalue weighted by molar-refractivity contribution is 0.0763. The minimum Gasteiger partial charge on any atom is -0.442 e. The molecule has 1 aliphatic heterocycles. The van der Waals surface area contributed by atoms with Crippen molar-refractivity contribution in [3.05, 3.63) is 40.2 Å². The third kappa shape index (κ3) is 2.60. The summed E-state index contributed by atoms with van der Waals surface area (Å²) < 4.78 is 19.5. The molecule has 0 bridgehead atoms. The van der Waals surface area contributed by atoms with Crippen molar-refractivity contribution in [2.24, 2.45) is 7.05 Å². The van der Waals surface area contributed by atoms with Gasteiger partial charge >= 0.3 is 0 Å². The summed E-state index contributed by atoms with van der Waals surface area (Å²) in [6, 6.07) is 2.10. The second-order valence-corrected chi connectivity index (χ2v) is 5.34. The average molecular weight is 323 g/mol. The molecule has 7 heteroatoms. The minimum atomic E-state index is -1.50. The van der Waals surface area contributed by atoms with Crippen molar-refractivity contribution in [1.29, 1.82) is 5.26 Å². The Balaban J connectivity index is 2.59. The molecule has 1 aromatic rings. The fourth-order valence-corrected chi connectivity index (χ4v) is 2.60. The van der Waals surface area contributed by atoms with Crippen LogP contribution in [0.5, 0.6) is 5.88 Å². The van der Waals surface area contributed by atoms with Crippen molar-refractivity contribution in [2.75, 3.05) is 7.05 Å². The van der Waals surface area contributed by atoms with Crippen molar-refractivity contribution >= 4 is 17.3 Å². The maximum Gasteiger partial charge on any atom is 0.237 e. The van der Waals surface area contributed by atoms with E-state index in [1.165, 1.54) is 11.6 Å². The van der Waals surface area contributed by atoms with Gasteiger partial charge in [0.15, 0.2) is 0 Å². The van der Waals surface area contributed by atoms with Crippen LogP contribution in [-0.2, 0) is 7.05 Å². The minimum absolute atomic E-state index is 0.154. The van der Waals surface area contributed by atoms with Crippen LogP contribution < -0.4 is 4.74 Å². The summed E-state index contributed by atoms with van der Waals surface area (Å²) >= 11 is 6.30. The van der Waals surface area contributed by atoms with Gasteiger partial charge in [-0.25, -0.2) is 9.07 Å². The molecule has 1 atom stereocenters. The molecule has 1 aliphatic rings. The average Bonchev–Trinajstić information content (AvgIpc) is 2.71. The highest BCUT2D eigenvalue weighted by Gasteiger charge is 2.27. The molecule has 5 nitrogen and oxygen atoms in total. The number of allylic oxidation sites excluding steroid dienone is 3. The molecule has 1 unspecified atom stereocenters. The summed E-state index contributed by atoms with van der Waals surface area (Å²) in [5.41, 5.74) is 2.99. The smallest absolute Gasteiger partial charge is 0.237 e. The monoisotopic (exact) mass is 322 g/mol. The lowest BCUT2D eigenvalue weighted by Gasteiger charge is -2.28. The van der Waals surface area contributed by atoms with Crippen LogP contribution in [0, 0.1) is 11.3 Å². The largest absolute Gasteiger partial charge is 0.442 e. The van der Waals surface area contributed by atoms with Crippen LogP contribution in [0.15, 0.2) is 29.5 Å². The first-order valence-corrected chi connectivity index (χ1v) is 6.95. The summed E-state index contributed by atoms with van der Waals surface area (Å²) in [7, 11) is 3.39. The predicted octanol–water partition coefficient (Wildman–Crippen LogP) is 3.41. The van der Waals surface area contributed by atoms with Crippen molar-refractivity contribution in [1.82, 2.24) is 14.7 Å². The van der Waals surface area contributed by atoms with E-state index < -0.39 is 6.36 Å². The van der Waals surface area contributed by atoms with Gasteiger partial charge in [-0.3, -0.25) is 0 Å². The molecule has 0 radical (unpaired) electrons. The standard InChI is InChI=1S/C15H16ClFN4O/c1-8-6-11(7-18)9(2)20(4)14(8)13-12(16)15(21(5)19-13)22-10(3)17/h6,10H,2H2,1,3-5H3. The zero-order chi connectivity index (χ0) is 16.6. The molecule has 0 saturated carbocycles. The van der Waals surface area contributed by atoms with Gasteiger partial charge in [-0.05, 0) is 18.6 Å². The number of nitrogens with zero attached hydrogens (tertiary/aromatic N) is 4. The first-order chi connectivity index (χ1) is 10.3. The van der Waals surface area contributed by atoms with Gasteiger partial charge in [-0.15, -0.1) is 0 Å². The number of ether oxygens (including phenoxy) is 1. The van der Waals surface area contributed by atoms with Crippen molar-refractivity contribution in [3.8, 4) is 11.9 Å². The number of halogens is 2. The highest BCUT2D eigenvalue weighted by molar-refractivity contribution is 6.33. The molecular weight excluding hydrogens is 307 g/mol. The van der Waals surface area contributed by atoms with Crippen LogP contribution in [0.2, 0.25) is 5.02 Å². The van der Waals surface area contributed by atoms with Crippen LogP contribution in [0.25, 0.3) is 5.70 Å². The first kappa shape index (κ1) is 16.1. The van der Waals surface area contributed by atoms with Crippen LogP contribution in [0.4, 0.5) is 4.39 Å². The molecule has 0 amide bonds. The molecule has 0 aliphatic carbocycles. The Morgan fingerprint density at radius 1 is 1.50 bits per heavy atom. The highest BCUT2D eigenvalue weighted by Crippen LogP contribution is 2.39. The number of hydrogen-bond acceptors (Lipinski definition) is 4. The van der Waals surface area contributed by atoms with E-state index in [0.29, 0.717) is 22.7 Å². The van der Waals surface area contributed by atoms with Crippen molar-refractivity contribution in [2.45, 2.75) is 20.2 Å². The Kier molecular flexibility index (Phi) is 4.29. The fourth-order valence-electron chi connectivity index (χ4n) is 2.31. The molecule has 116 valence electrons. The van der Waals surface area contributed by atoms with Crippen LogP contribution in [0.3, 0.4) is 0 Å². The van der Waals surface area contributed by atoms with Gasteiger partial charge in [-0.1, -0.05) is 18.2 Å². The number of aryl methyl sites for hydroxylation is 1. The molecule has 0 spiro atoms. The second kappa shape index (κ2) is 5.85. The lowest BCUT2D eigenvalue weighted by Crippen LogP contribution is -2.21. The topological polar surface area (TPSA) is 54.1 Å². The van der Waals surface area contributed by atoms with E-state index >= 15 is 0 Å². The van der Waals surface area contributed by atoms with Crippen molar-refractivity contribution in [3.63, 3.8) is 0 Å². The third-order valence-electron chi connectivity index (χ3n) is 3.34. The number of rotatable bonds is 3. The molecule has 2 rings (SSSR count). The predicted molar refractivity (Wildman–Crippen MR) is 82.6 cm³/mol. The number of nitriles is 1. The summed E-state index contributed by atoms with van der Waals surface area (Å²) in [6.45, 7) is 7.01. The second-order valence-electron chi connectivity index (χ2n) is 4.96. The summed E-state index contributed by atoms with van der Waals surface area (Å²) in [6.07, 6.45) is 0.223. The lowest BCUT2D eigenvalue weighted by atomic mass is 10.0. The van der Waals surface area contributed by atoms with E-state index in [-0.39, 0.29) is 10.9 Å². The first-order valence-electron chi connectivity index (χ1n) is 6.57. The van der Waals surface area contributed by atoms with E-state index in [1.54, 1.807) is 25.1 Å². The van der Waals surface area contributed by atoms with Gasteiger partial charge < -0.3 is 9.64 Å². The Morgan fingerprint density at radius 2 is 2.14 bits per heavy atom. The number of likely N-dealkylation sites (N-methyl/N-ethyl adjacent to an activating group) is 1. The molecule has 22 heavy (non-hydrogen) atoms. The molecule has 0 fully saturated rings. The molecule has 0 saturated heterocycles. The van der Waals surface area contributed by atoms with Gasteiger partial charge in [0, 0.05) is 21.0 Å². The van der Waals surface area contributed by atoms with Crippen LogP contribution in [0.1, 0.15) is 19.5 Å². The zero-order valence-corrected chi connectivity index (χ0v) is 13.6. The maximum absolute atomic E-state index is 13.1. The quantitative estimate of drug-likeness (QED) is 0.855. The fraction of sp³-hybridized carbons (Fsp3) is 0.333. The van der Waals surface area contributed by atoms with E-state index in [0.717, 1.165) is 5.57 Å². The van der Waals surface area contributed by atoms with Crippen LogP contribution in [-0.4, -0.2) is 28.1 Å². The molecular formula is C15H16ClFN4O. The molecule has 0 N–H and O–H groups in total. The van der Waals surface area contributed by atoms with E-state index in [1.807, 2.05) is 6.92 Å². The van der Waals surface area contributed by atoms with Gasteiger partial charge in [0.25, 0.3) is 0 Å². The summed E-state index contributed by atoms with van der Waals surface area (Å²) in [5.74, 6) is 0.154. The van der Waals surface area contributed by atoms with Crippen molar-refractivity contribution < 1.29 is 9.13 Å². The Bertz CT molecular complexity index is 739. The van der Waals surface area contributed by atoms with Crippen LogP contribution >= 0.6 is 11.6 Å². The Labute approximate surface area is 133 Å². The summed E-state index contributed by atoms with van der Waals surface area (Å²) in [5, 5.41) is 13.7. The van der Waals surface area contributed by atoms with Gasteiger partial charge in [-0.2, -0.15) is 10.4 Å². The molecule has 2 heterocycles. The van der Waals surface area contributed by atoms with Gasteiger partial charge in [0.05, 0.1) is 17.0 Å². The van der Waals surface area contributed by atoms with E-state index in [9.17, 15) is 4.39 Å². The SMILES string of the molecule is C=C1C(C#N)=CC(C)=C(c2nn(C)c(OC(C)F)c2Cl)N1C. The highest BCUT2D eigenvalue weighted by atomic mass is 35.5. The maximum atomic E-state index is 13.1. The normalized spacial score (nSPS) is 16.5. The van der Waals surface area contributed by atoms with Gasteiger partial charge in [0.1, 0.15) is 16.8 Å². The Hall–Kier alpha value is -2.26. The molecule has 0 aromatic carbocycles. The summed E-state index contributed by atoms with van der Waals surface area (Å²) in [4.78, 5) is 1.74. The third-order valence-corrected chi connectivity index (χ3v) is 3.68. The van der Waals surface area contributed by atoms with Gasteiger partial charge in [0.2, 0.25) is 12.2 Å². The van der Waals surface area contributed by atoms with E-state index in [4.69, 9.17) is 21.6 Å². The van der Waals surface area contributed by atoms with E-state index in [2.05, 4.69) is 17.7 Å². The number of hydrogen-bond donors (Lipinski definition) is 0. The zero-order valence-electron chi connectivity index (χ0n) is 12.8. The Morgan fingerprint density at radius 3 is 2.68 bits per heavy atom. The number of aromatic nitrogens is 2. The molecule has 1 aromatic heterocycles.